The first-order valence-electron chi connectivity index (χ1n) is 5.78. The van der Waals surface area contributed by atoms with Gasteiger partial charge in [0.15, 0.2) is 5.69 Å². The molecule has 0 saturated carbocycles. The van der Waals surface area contributed by atoms with E-state index < -0.39 is 23.3 Å². The number of nitrogens with zero attached hydrogens (tertiary/aromatic N) is 2. The molecular weight excluding hydrogens is 281 g/mol. The summed E-state index contributed by atoms with van der Waals surface area (Å²) in [5.41, 5.74) is 4.24. The lowest BCUT2D eigenvalue weighted by Gasteiger charge is -2.07. The van der Waals surface area contributed by atoms with Crippen LogP contribution >= 0.6 is 0 Å². The fourth-order valence-corrected chi connectivity index (χ4v) is 1.69. The van der Waals surface area contributed by atoms with Gasteiger partial charge < -0.3 is 10.8 Å². The Kier molecular flexibility index (Phi) is 3.79. The Bertz CT molecular complexity index is 785. The SMILES string of the molecule is NC(=O)c1ccc(F)c(Cn2nc(C(=O)O)ccc2=O)c1. The van der Waals surface area contributed by atoms with E-state index in [1.807, 2.05) is 0 Å². The number of primary amides is 1. The summed E-state index contributed by atoms with van der Waals surface area (Å²) < 4.78 is 14.5. The zero-order valence-corrected chi connectivity index (χ0v) is 10.6. The van der Waals surface area contributed by atoms with E-state index in [0.29, 0.717) is 0 Å². The lowest BCUT2D eigenvalue weighted by molar-refractivity contribution is 0.0687. The minimum absolute atomic E-state index is 0.00318. The average molecular weight is 291 g/mol. The van der Waals surface area contributed by atoms with E-state index in [9.17, 15) is 18.8 Å². The Balaban J connectivity index is 2.44. The number of carbonyl (C=O) groups excluding carboxylic acids is 1. The number of carbonyl (C=O) groups is 2. The van der Waals surface area contributed by atoms with E-state index >= 15 is 0 Å². The molecule has 0 saturated heterocycles. The summed E-state index contributed by atoms with van der Waals surface area (Å²) in [6.07, 6.45) is 0. The highest BCUT2D eigenvalue weighted by Gasteiger charge is 2.11. The van der Waals surface area contributed by atoms with E-state index in [2.05, 4.69) is 5.10 Å². The monoisotopic (exact) mass is 291 g/mol. The lowest BCUT2D eigenvalue weighted by Crippen LogP contribution is -2.25. The largest absolute Gasteiger partial charge is 0.476 e. The number of aromatic carboxylic acids is 1. The molecule has 0 aliphatic carbocycles. The molecule has 0 bridgehead atoms. The topological polar surface area (TPSA) is 115 Å². The van der Waals surface area contributed by atoms with Crippen LogP contribution in [0.25, 0.3) is 0 Å². The Morgan fingerprint density at radius 1 is 1.29 bits per heavy atom. The van der Waals surface area contributed by atoms with Crippen LogP contribution in [-0.4, -0.2) is 26.8 Å². The van der Waals surface area contributed by atoms with Crippen molar-refractivity contribution < 1.29 is 19.1 Å². The number of halogens is 1. The first kappa shape index (κ1) is 14.4. The van der Waals surface area contributed by atoms with Crippen molar-refractivity contribution >= 4 is 11.9 Å². The van der Waals surface area contributed by atoms with E-state index in [0.717, 1.165) is 22.9 Å². The predicted octanol–water partition coefficient (Wildman–Crippen LogP) is 0.228. The number of nitrogens with two attached hydrogens (primary N) is 1. The maximum atomic E-state index is 13.7. The van der Waals surface area contributed by atoms with Crippen LogP contribution in [-0.2, 0) is 6.54 Å². The zero-order valence-electron chi connectivity index (χ0n) is 10.6. The summed E-state index contributed by atoms with van der Waals surface area (Å²) in [4.78, 5) is 33.5. The number of benzene rings is 1. The molecule has 7 nitrogen and oxygen atoms in total. The van der Waals surface area contributed by atoms with Gasteiger partial charge in [-0.1, -0.05) is 0 Å². The minimum Gasteiger partial charge on any atom is -0.476 e. The highest BCUT2D eigenvalue weighted by Crippen LogP contribution is 2.11. The Morgan fingerprint density at radius 2 is 2.00 bits per heavy atom. The molecule has 1 amide bonds. The number of carboxylic acids is 1. The van der Waals surface area contributed by atoms with Crippen LogP contribution in [0.3, 0.4) is 0 Å². The quantitative estimate of drug-likeness (QED) is 0.836. The molecule has 0 radical (unpaired) electrons. The molecule has 0 unspecified atom stereocenters. The second-order valence-electron chi connectivity index (χ2n) is 4.19. The normalized spacial score (nSPS) is 10.3. The standard InChI is InChI=1S/C13H10FN3O4/c14-9-2-1-7(12(15)19)5-8(9)6-17-11(18)4-3-10(16-17)13(20)21/h1-5H,6H2,(H2,15,19)(H,20,21). The summed E-state index contributed by atoms with van der Waals surface area (Å²) in [6, 6.07) is 5.52. The average Bonchev–Trinajstić information content (AvgIpc) is 2.43. The molecule has 1 aromatic heterocycles. The Labute approximate surface area is 117 Å². The maximum absolute atomic E-state index is 13.7. The summed E-state index contributed by atoms with van der Waals surface area (Å²) in [5, 5.41) is 12.4. The number of hydrogen-bond donors (Lipinski definition) is 2. The minimum atomic E-state index is -1.31. The van der Waals surface area contributed by atoms with E-state index in [1.54, 1.807) is 0 Å². The molecule has 108 valence electrons. The number of hydrogen-bond acceptors (Lipinski definition) is 4. The van der Waals surface area contributed by atoms with Crippen molar-refractivity contribution in [1.29, 1.82) is 0 Å². The highest BCUT2D eigenvalue weighted by atomic mass is 19.1. The van der Waals surface area contributed by atoms with Gasteiger partial charge in [-0.3, -0.25) is 9.59 Å². The van der Waals surface area contributed by atoms with Crippen molar-refractivity contribution in [3.05, 3.63) is 63.3 Å². The van der Waals surface area contributed by atoms with Gasteiger partial charge >= 0.3 is 5.97 Å². The van der Waals surface area contributed by atoms with Crippen LogP contribution in [0.4, 0.5) is 4.39 Å². The fraction of sp³-hybridized carbons (Fsp3) is 0.0769. The summed E-state index contributed by atoms with van der Waals surface area (Å²) in [7, 11) is 0. The molecule has 1 heterocycles. The molecule has 1 aromatic carbocycles. The number of rotatable bonds is 4. The number of amides is 1. The van der Waals surface area contributed by atoms with Gasteiger partial charge in [0.1, 0.15) is 5.82 Å². The molecule has 0 aliphatic rings. The number of carboxylic acid groups (broad SMARTS) is 1. The molecule has 0 fully saturated rings. The van der Waals surface area contributed by atoms with Crippen LogP contribution < -0.4 is 11.3 Å². The second kappa shape index (κ2) is 5.53. The molecule has 0 atom stereocenters. The van der Waals surface area contributed by atoms with Crippen molar-refractivity contribution in [2.75, 3.05) is 0 Å². The summed E-state index contributed by atoms with van der Waals surface area (Å²) in [5.74, 6) is -2.71. The van der Waals surface area contributed by atoms with Crippen molar-refractivity contribution in [3.63, 3.8) is 0 Å². The smallest absolute Gasteiger partial charge is 0.356 e. The predicted molar refractivity (Wildman–Crippen MR) is 69.5 cm³/mol. The lowest BCUT2D eigenvalue weighted by atomic mass is 10.1. The third kappa shape index (κ3) is 3.11. The molecule has 0 aliphatic heterocycles. The van der Waals surface area contributed by atoms with E-state index in [4.69, 9.17) is 10.8 Å². The Morgan fingerprint density at radius 3 is 2.62 bits per heavy atom. The van der Waals surface area contributed by atoms with Crippen LogP contribution in [0.15, 0.2) is 35.1 Å². The van der Waals surface area contributed by atoms with Gasteiger partial charge in [-0.25, -0.2) is 13.9 Å². The van der Waals surface area contributed by atoms with Crippen molar-refractivity contribution in [2.24, 2.45) is 5.73 Å². The fourth-order valence-electron chi connectivity index (χ4n) is 1.69. The van der Waals surface area contributed by atoms with Gasteiger partial charge in [0.25, 0.3) is 5.56 Å². The molecule has 0 spiro atoms. The molecular formula is C13H10FN3O4. The highest BCUT2D eigenvalue weighted by molar-refractivity contribution is 5.92. The molecule has 21 heavy (non-hydrogen) atoms. The van der Waals surface area contributed by atoms with Crippen molar-refractivity contribution in [1.82, 2.24) is 9.78 Å². The molecule has 8 heteroatoms. The second-order valence-corrected chi connectivity index (χ2v) is 4.19. The van der Waals surface area contributed by atoms with Crippen LogP contribution in [0.5, 0.6) is 0 Å². The van der Waals surface area contributed by atoms with Crippen molar-refractivity contribution in [3.8, 4) is 0 Å². The first-order valence-corrected chi connectivity index (χ1v) is 5.78. The Hall–Kier alpha value is -3.03. The summed E-state index contributed by atoms with van der Waals surface area (Å²) >= 11 is 0. The van der Waals surface area contributed by atoms with Gasteiger partial charge in [0.2, 0.25) is 5.91 Å². The number of aromatic nitrogens is 2. The van der Waals surface area contributed by atoms with E-state index in [1.165, 1.54) is 12.1 Å². The van der Waals surface area contributed by atoms with Crippen LogP contribution in [0.1, 0.15) is 26.4 Å². The van der Waals surface area contributed by atoms with Gasteiger partial charge in [-0.05, 0) is 24.3 Å². The van der Waals surface area contributed by atoms with Crippen LogP contribution in [0.2, 0.25) is 0 Å². The van der Waals surface area contributed by atoms with Gasteiger partial charge in [-0.15, -0.1) is 0 Å². The summed E-state index contributed by atoms with van der Waals surface area (Å²) in [6.45, 7) is -0.313. The van der Waals surface area contributed by atoms with Gasteiger partial charge in [0.05, 0.1) is 6.54 Å². The third-order valence-corrected chi connectivity index (χ3v) is 2.74. The van der Waals surface area contributed by atoms with E-state index in [-0.39, 0.29) is 23.4 Å². The third-order valence-electron chi connectivity index (χ3n) is 2.74. The van der Waals surface area contributed by atoms with Gasteiger partial charge in [0, 0.05) is 17.2 Å². The van der Waals surface area contributed by atoms with Crippen LogP contribution in [0, 0.1) is 5.82 Å². The van der Waals surface area contributed by atoms with Crippen molar-refractivity contribution in [2.45, 2.75) is 6.54 Å². The molecule has 3 N–H and O–H groups in total. The first-order chi connectivity index (χ1) is 9.88. The molecule has 2 aromatic rings. The maximum Gasteiger partial charge on any atom is 0.356 e. The van der Waals surface area contributed by atoms with Gasteiger partial charge in [-0.2, -0.15) is 5.10 Å². The molecule has 2 rings (SSSR count). The zero-order chi connectivity index (χ0) is 15.6.